The standard InChI is InChI=1S/C22H24F3N/c1-15-9-5-6-10-17(15)20-13-16(14-21(2,3)22(23,24)25)18-11-7-8-12-19(18)26(20)4/h5-13,19H,14H2,1-4H3. The van der Waals surface area contributed by atoms with Gasteiger partial charge in [-0.25, -0.2) is 0 Å². The highest BCUT2D eigenvalue weighted by Gasteiger charge is 2.48. The van der Waals surface area contributed by atoms with Crippen molar-refractivity contribution in [1.82, 2.24) is 4.90 Å². The first-order valence-electron chi connectivity index (χ1n) is 8.77. The van der Waals surface area contributed by atoms with E-state index < -0.39 is 11.6 Å². The van der Waals surface area contributed by atoms with Gasteiger partial charge in [0.15, 0.2) is 0 Å². The number of nitrogens with zero attached hydrogens (tertiary/aromatic N) is 1. The molecule has 1 aliphatic carbocycles. The second kappa shape index (κ2) is 6.49. The maximum atomic E-state index is 13.5. The predicted molar refractivity (Wildman–Crippen MR) is 100 cm³/mol. The highest BCUT2D eigenvalue weighted by atomic mass is 19.4. The van der Waals surface area contributed by atoms with Crippen LogP contribution in [0.5, 0.6) is 0 Å². The Labute approximate surface area is 153 Å². The first-order chi connectivity index (χ1) is 12.1. The van der Waals surface area contributed by atoms with Gasteiger partial charge < -0.3 is 4.90 Å². The second-order valence-corrected chi connectivity index (χ2v) is 7.68. The van der Waals surface area contributed by atoms with Crippen molar-refractivity contribution in [2.75, 3.05) is 7.05 Å². The summed E-state index contributed by atoms with van der Waals surface area (Å²) in [7, 11) is 2.00. The van der Waals surface area contributed by atoms with E-state index in [1.807, 2.05) is 68.6 Å². The topological polar surface area (TPSA) is 3.24 Å². The number of hydrogen-bond donors (Lipinski definition) is 0. The third kappa shape index (κ3) is 3.25. The number of halogens is 3. The Bertz CT molecular complexity index is 822. The van der Waals surface area contributed by atoms with E-state index in [4.69, 9.17) is 0 Å². The van der Waals surface area contributed by atoms with Crippen molar-refractivity contribution in [3.63, 3.8) is 0 Å². The van der Waals surface area contributed by atoms with Crippen LogP contribution < -0.4 is 0 Å². The summed E-state index contributed by atoms with van der Waals surface area (Å²) in [5, 5.41) is 0. The van der Waals surface area contributed by atoms with Gasteiger partial charge in [-0.15, -0.1) is 0 Å². The molecule has 1 heterocycles. The summed E-state index contributed by atoms with van der Waals surface area (Å²) in [6.07, 6.45) is 5.49. The van der Waals surface area contributed by atoms with Crippen molar-refractivity contribution in [2.45, 2.75) is 39.4 Å². The van der Waals surface area contributed by atoms with Crippen molar-refractivity contribution in [3.8, 4) is 0 Å². The van der Waals surface area contributed by atoms with Gasteiger partial charge in [-0.3, -0.25) is 0 Å². The second-order valence-electron chi connectivity index (χ2n) is 7.68. The number of likely N-dealkylation sites (N-methyl/N-ethyl adjacent to an activating group) is 1. The van der Waals surface area contributed by atoms with E-state index in [0.717, 1.165) is 28.0 Å². The maximum absolute atomic E-state index is 13.5. The average molecular weight is 359 g/mol. The average Bonchev–Trinajstić information content (AvgIpc) is 2.57. The molecular weight excluding hydrogens is 335 g/mol. The van der Waals surface area contributed by atoms with Crippen molar-refractivity contribution in [1.29, 1.82) is 0 Å². The molecule has 1 aliphatic heterocycles. The van der Waals surface area contributed by atoms with E-state index in [1.165, 1.54) is 13.8 Å². The molecule has 0 amide bonds. The molecule has 1 aromatic rings. The van der Waals surface area contributed by atoms with Gasteiger partial charge in [0.1, 0.15) is 0 Å². The van der Waals surface area contributed by atoms with Gasteiger partial charge in [0.2, 0.25) is 0 Å². The van der Waals surface area contributed by atoms with Gasteiger partial charge in [0, 0.05) is 18.3 Å². The molecule has 138 valence electrons. The molecule has 3 rings (SSSR count). The Hall–Kier alpha value is -2.23. The molecule has 2 aliphatic rings. The van der Waals surface area contributed by atoms with E-state index in [1.54, 1.807) is 0 Å². The van der Waals surface area contributed by atoms with E-state index in [0.29, 0.717) is 0 Å². The van der Waals surface area contributed by atoms with Crippen LogP contribution >= 0.6 is 0 Å². The van der Waals surface area contributed by atoms with Gasteiger partial charge in [0.05, 0.1) is 11.5 Å². The lowest BCUT2D eigenvalue weighted by Gasteiger charge is -2.39. The Balaban J connectivity index is 2.12. The highest BCUT2D eigenvalue weighted by molar-refractivity contribution is 5.73. The molecule has 0 saturated heterocycles. The zero-order valence-electron chi connectivity index (χ0n) is 15.6. The molecule has 0 spiro atoms. The molecular formula is C22H24F3N. The Morgan fingerprint density at radius 1 is 1.08 bits per heavy atom. The van der Waals surface area contributed by atoms with Crippen LogP contribution in [0.15, 0.2) is 65.8 Å². The van der Waals surface area contributed by atoms with Crippen LogP contribution in [-0.4, -0.2) is 24.2 Å². The summed E-state index contributed by atoms with van der Waals surface area (Å²) in [6.45, 7) is 4.58. The fraction of sp³-hybridized carbons (Fsp3) is 0.364. The minimum atomic E-state index is -4.25. The Morgan fingerprint density at radius 2 is 1.77 bits per heavy atom. The smallest absolute Gasteiger partial charge is 0.364 e. The predicted octanol–water partition coefficient (Wildman–Crippen LogP) is 6.05. The zero-order valence-corrected chi connectivity index (χ0v) is 15.6. The van der Waals surface area contributed by atoms with E-state index in [2.05, 4.69) is 4.90 Å². The molecule has 0 saturated carbocycles. The lowest BCUT2D eigenvalue weighted by Crippen LogP contribution is -2.37. The minimum absolute atomic E-state index is 0.0380. The third-order valence-corrected chi connectivity index (χ3v) is 5.30. The quantitative estimate of drug-likeness (QED) is 0.635. The Morgan fingerprint density at radius 3 is 2.42 bits per heavy atom. The van der Waals surface area contributed by atoms with Gasteiger partial charge in [-0.2, -0.15) is 13.2 Å². The molecule has 1 nitrogen and oxygen atoms in total. The molecule has 4 heteroatoms. The molecule has 1 unspecified atom stereocenters. The first-order valence-corrected chi connectivity index (χ1v) is 8.77. The summed E-state index contributed by atoms with van der Waals surface area (Å²) >= 11 is 0. The number of benzene rings is 1. The number of rotatable bonds is 3. The summed E-state index contributed by atoms with van der Waals surface area (Å²) in [4.78, 5) is 2.14. The summed E-state index contributed by atoms with van der Waals surface area (Å²) in [5.41, 5.74) is 3.06. The van der Waals surface area contributed by atoms with Crippen LogP contribution in [0, 0.1) is 12.3 Å². The van der Waals surface area contributed by atoms with Crippen molar-refractivity contribution in [2.24, 2.45) is 5.41 Å². The lowest BCUT2D eigenvalue weighted by molar-refractivity contribution is -0.210. The fourth-order valence-electron chi connectivity index (χ4n) is 3.52. The molecule has 0 aromatic heterocycles. The van der Waals surface area contributed by atoms with Crippen LogP contribution in [0.2, 0.25) is 0 Å². The van der Waals surface area contributed by atoms with Crippen molar-refractivity contribution < 1.29 is 13.2 Å². The molecule has 26 heavy (non-hydrogen) atoms. The van der Waals surface area contributed by atoms with Gasteiger partial charge in [-0.05, 0) is 36.1 Å². The van der Waals surface area contributed by atoms with Crippen molar-refractivity contribution in [3.05, 3.63) is 76.9 Å². The van der Waals surface area contributed by atoms with Gasteiger partial charge in [0.25, 0.3) is 0 Å². The molecule has 0 bridgehead atoms. The maximum Gasteiger partial charge on any atom is 0.394 e. The summed E-state index contributed by atoms with van der Waals surface area (Å²) in [6, 6.07) is 7.95. The SMILES string of the molecule is Cc1ccccc1C1=CC(CC(C)(C)C(F)(F)F)=C2C=CC=CC2N1C. The highest BCUT2D eigenvalue weighted by Crippen LogP contribution is 2.45. The van der Waals surface area contributed by atoms with Crippen molar-refractivity contribution >= 4 is 5.70 Å². The monoisotopic (exact) mass is 359 g/mol. The normalized spacial score (nSPS) is 20.3. The number of hydrogen-bond acceptors (Lipinski definition) is 1. The summed E-state index contributed by atoms with van der Waals surface area (Å²) in [5.74, 6) is 0. The number of alkyl halides is 3. The fourth-order valence-corrected chi connectivity index (χ4v) is 3.52. The van der Waals surface area contributed by atoms with Crippen LogP contribution in [0.1, 0.15) is 31.4 Å². The van der Waals surface area contributed by atoms with Gasteiger partial charge in [-0.1, -0.05) is 62.4 Å². The number of aryl methyl sites for hydroxylation is 1. The van der Waals surface area contributed by atoms with E-state index in [9.17, 15) is 13.2 Å². The zero-order chi connectivity index (χ0) is 19.1. The molecule has 0 N–H and O–H groups in total. The number of allylic oxidation sites excluding steroid dienone is 4. The minimum Gasteiger partial charge on any atom is -0.364 e. The third-order valence-electron chi connectivity index (χ3n) is 5.30. The summed E-state index contributed by atoms with van der Waals surface area (Å²) < 4.78 is 40.5. The van der Waals surface area contributed by atoms with Crippen LogP contribution in [0.3, 0.4) is 0 Å². The largest absolute Gasteiger partial charge is 0.394 e. The van der Waals surface area contributed by atoms with Crippen LogP contribution in [0.25, 0.3) is 5.70 Å². The van der Waals surface area contributed by atoms with Crippen LogP contribution in [0.4, 0.5) is 13.2 Å². The lowest BCUT2D eigenvalue weighted by atomic mass is 9.79. The van der Waals surface area contributed by atoms with E-state index in [-0.39, 0.29) is 12.5 Å². The molecule has 0 fully saturated rings. The van der Waals surface area contributed by atoms with E-state index >= 15 is 0 Å². The number of fused-ring (bicyclic) bond motifs is 1. The van der Waals surface area contributed by atoms with Crippen LogP contribution in [-0.2, 0) is 0 Å². The molecule has 1 aromatic carbocycles. The van der Waals surface area contributed by atoms with Gasteiger partial charge >= 0.3 is 6.18 Å². The molecule has 1 atom stereocenters. The molecule has 0 radical (unpaired) electrons. The first kappa shape index (κ1) is 18.6. The Kier molecular flexibility index (Phi) is 4.63.